The molecule has 3 aromatic rings. The number of methoxy groups -OCH3 is 2. The summed E-state index contributed by atoms with van der Waals surface area (Å²) < 4.78 is 10.8. The highest BCUT2D eigenvalue weighted by atomic mass is 16.5. The van der Waals surface area contributed by atoms with Gasteiger partial charge in [-0.25, -0.2) is 9.97 Å². The number of hydrogen-bond donors (Lipinski definition) is 1. The smallest absolute Gasteiger partial charge is 0.221 e. The molecule has 6 nitrogen and oxygen atoms in total. The third-order valence-corrected chi connectivity index (χ3v) is 3.40. The Morgan fingerprint density at radius 3 is 2.35 bits per heavy atom. The van der Waals surface area contributed by atoms with Gasteiger partial charge in [-0.3, -0.25) is 4.98 Å². The molecule has 23 heavy (non-hydrogen) atoms. The zero-order valence-electron chi connectivity index (χ0n) is 12.9. The van der Waals surface area contributed by atoms with E-state index in [0.29, 0.717) is 17.2 Å². The number of nitrogens with zero attached hydrogens (tertiary/aromatic N) is 3. The molecular weight excluding hydrogens is 292 g/mol. The number of rotatable bonds is 4. The first kappa shape index (κ1) is 14.8. The van der Waals surface area contributed by atoms with Gasteiger partial charge >= 0.3 is 0 Å². The van der Waals surface area contributed by atoms with Gasteiger partial charge in [-0.2, -0.15) is 0 Å². The SMILES string of the molecule is COc1cccc(-c2cc(-c3ccncc3)nc(N)n2)c1OC. The van der Waals surface area contributed by atoms with Crippen LogP contribution in [-0.4, -0.2) is 29.2 Å². The number of nitrogens with two attached hydrogens (primary N) is 1. The monoisotopic (exact) mass is 308 g/mol. The molecule has 0 aliphatic heterocycles. The fraction of sp³-hybridized carbons (Fsp3) is 0.118. The topological polar surface area (TPSA) is 83.2 Å². The minimum Gasteiger partial charge on any atom is -0.493 e. The van der Waals surface area contributed by atoms with Crippen molar-refractivity contribution in [1.29, 1.82) is 0 Å². The van der Waals surface area contributed by atoms with Crippen LogP contribution in [0.3, 0.4) is 0 Å². The summed E-state index contributed by atoms with van der Waals surface area (Å²) in [5.41, 5.74) is 8.98. The van der Waals surface area contributed by atoms with E-state index in [4.69, 9.17) is 15.2 Å². The molecule has 2 N–H and O–H groups in total. The summed E-state index contributed by atoms with van der Waals surface area (Å²) in [7, 11) is 3.19. The molecule has 0 fully saturated rings. The Balaban J connectivity index is 2.17. The zero-order valence-corrected chi connectivity index (χ0v) is 12.9. The lowest BCUT2D eigenvalue weighted by Crippen LogP contribution is -2.00. The van der Waals surface area contributed by atoms with Crippen LogP contribution in [0.1, 0.15) is 0 Å². The van der Waals surface area contributed by atoms with E-state index < -0.39 is 0 Å². The van der Waals surface area contributed by atoms with E-state index in [0.717, 1.165) is 16.8 Å². The second-order valence-electron chi connectivity index (χ2n) is 4.77. The molecule has 0 atom stereocenters. The molecule has 2 heterocycles. The molecule has 0 aliphatic carbocycles. The van der Waals surface area contributed by atoms with Crippen molar-refractivity contribution < 1.29 is 9.47 Å². The Hall–Kier alpha value is -3.15. The van der Waals surface area contributed by atoms with E-state index in [2.05, 4.69) is 15.0 Å². The van der Waals surface area contributed by atoms with Crippen LogP contribution in [0.25, 0.3) is 22.5 Å². The number of pyridine rings is 1. The van der Waals surface area contributed by atoms with Gasteiger partial charge in [-0.05, 0) is 30.3 Å². The number of benzene rings is 1. The minimum absolute atomic E-state index is 0.194. The second kappa shape index (κ2) is 6.31. The summed E-state index contributed by atoms with van der Waals surface area (Å²) in [6.07, 6.45) is 3.42. The largest absolute Gasteiger partial charge is 0.493 e. The first-order valence-corrected chi connectivity index (χ1v) is 6.99. The summed E-state index contributed by atoms with van der Waals surface area (Å²) in [5.74, 6) is 1.43. The average molecular weight is 308 g/mol. The summed E-state index contributed by atoms with van der Waals surface area (Å²) in [4.78, 5) is 12.6. The van der Waals surface area contributed by atoms with Crippen LogP contribution in [0.2, 0.25) is 0 Å². The predicted molar refractivity (Wildman–Crippen MR) is 88.2 cm³/mol. The van der Waals surface area contributed by atoms with Crippen molar-refractivity contribution in [2.45, 2.75) is 0 Å². The molecule has 0 aliphatic rings. The number of ether oxygens (including phenoxy) is 2. The van der Waals surface area contributed by atoms with Gasteiger partial charge in [0.05, 0.1) is 25.6 Å². The summed E-state index contributed by atoms with van der Waals surface area (Å²) in [5, 5.41) is 0. The third-order valence-electron chi connectivity index (χ3n) is 3.40. The van der Waals surface area contributed by atoms with Crippen LogP contribution in [0.15, 0.2) is 48.8 Å². The van der Waals surface area contributed by atoms with Gasteiger partial charge in [0.15, 0.2) is 11.5 Å². The maximum Gasteiger partial charge on any atom is 0.221 e. The van der Waals surface area contributed by atoms with E-state index in [1.807, 2.05) is 36.4 Å². The zero-order chi connectivity index (χ0) is 16.2. The first-order valence-electron chi connectivity index (χ1n) is 6.99. The predicted octanol–water partition coefficient (Wildman–Crippen LogP) is 2.80. The highest BCUT2D eigenvalue weighted by Crippen LogP contribution is 2.37. The molecule has 0 bridgehead atoms. The molecular formula is C17H16N4O2. The molecule has 2 aromatic heterocycles. The van der Waals surface area contributed by atoms with Crippen molar-refractivity contribution in [3.8, 4) is 34.0 Å². The van der Waals surface area contributed by atoms with Gasteiger partial charge in [0, 0.05) is 23.5 Å². The van der Waals surface area contributed by atoms with Crippen molar-refractivity contribution in [3.05, 3.63) is 48.8 Å². The third kappa shape index (κ3) is 2.91. The van der Waals surface area contributed by atoms with Crippen LogP contribution in [0, 0.1) is 0 Å². The maximum atomic E-state index is 5.89. The van der Waals surface area contributed by atoms with Crippen LogP contribution in [0.4, 0.5) is 5.95 Å². The molecule has 0 saturated heterocycles. The van der Waals surface area contributed by atoms with Gasteiger partial charge in [-0.15, -0.1) is 0 Å². The Labute approximate surface area is 134 Å². The van der Waals surface area contributed by atoms with Crippen LogP contribution >= 0.6 is 0 Å². The van der Waals surface area contributed by atoms with E-state index in [1.54, 1.807) is 26.6 Å². The molecule has 6 heteroatoms. The Morgan fingerprint density at radius 1 is 0.913 bits per heavy atom. The van der Waals surface area contributed by atoms with Gasteiger partial charge in [0.2, 0.25) is 5.95 Å². The van der Waals surface area contributed by atoms with Crippen LogP contribution in [-0.2, 0) is 0 Å². The summed E-state index contributed by atoms with van der Waals surface area (Å²) in [6.45, 7) is 0. The van der Waals surface area contributed by atoms with Crippen LogP contribution < -0.4 is 15.2 Å². The lowest BCUT2D eigenvalue weighted by atomic mass is 10.1. The second-order valence-corrected chi connectivity index (χ2v) is 4.77. The van der Waals surface area contributed by atoms with Crippen molar-refractivity contribution in [1.82, 2.24) is 15.0 Å². The maximum absolute atomic E-state index is 5.89. The molecule has 0 radical (unpaired) electrons. The van der Waals surface area contributed by atoms with Crippen molar-refractivity contribution in [2.24, 2.45) is 0 Å². The molecule has 0 spiro atoms. The minimum atomic E-state index is 0.194. The molecule has 1 aromatic carbocycles. The van der Waals surface area contributed by atoms with Crippen molar-refractivity contribution in [3.63, 3.8) is 0 Å². The highest BCUT2D eigenvalue weighted by Gasteiger charge is 2.14. The van der Waals surface area contributed by atoms with E-state index >= 15 is 0 Å². The normalized spacial score (nSPS) is 10.3. The Bertz CT molecular complexity index is 822. The average Bonchev–Trinajstić information content (AvgIpc) is 2.61. The van der Waals surface area contributed by atoms with Crippen molar-refractivity contribution >= 4 is 5.95 Å². The summed E-state index contributed by atoms with van der Waals surface area (Å²) in [6, 6.07) is 11.2. The van der Waals surface area contributed by atoms with Gasteiger partial charge in [0.1, 0.15) is 0 Å². The van der Waals surface area contributed by atoms with E-state index in [1.165, 1.54) is 0 Å². The molecule has 0 saturated carbocycles. The van der Waals surface area contributed by atoms with Crippen molar-refractivity contribution in [2.75, 3.05) is 20.0 Å². The van der Waals surface area contributed by atoms with E-state index in [9.17, 15) is 0 Å². The van der Waals surface area contributed by atoms with Gasteiger partial charge < -0.3 is 15.2 Å². The Kier molecular flexibility index (Phi) is 4.05. The number of hydrogen-bond acceptors (Lipinski definition) is 6. The summed E-state index contributed by atoms with van der Waals surface area (Å²) >= 11 is 0. The van der Waals surface area contributed by atoms with Gasteiger partial charge in [0.25, 0.3) is 0 Å². The molecule has 116 valence electrons. The van der Waals surface area contributed by atoms with E-state index in [-0.39, 0.29) is 5.95 Å². The number of anilines is 1. The fourth-order valence-electron chi connectivity index (χ4n) is 2.36. The molecule has 0 unspecified atom stereocenters. The lowest BCUT2D eigenvalue weighted by Gasteiger charge is -2.13. The molecule has 0 amide bonds. The van der Waals surface area contributed by atoms with Crippen LogP contribution in [0.5, 0.6) is 11.5 Å². The quantitative estimate of drug-likeness (QED) is 0.798. The molecule has 3 rings (SSSR count). The van der Waals surface area contributed by atoms with Gasteiger partial charge in [-0.1, -0.05) is 6.07 Å². The fourth-order valence-corrected chi connectivity index (χ4v) is 2.36. The number of para-hydroxylation sites is 1. The first-order chi connectivity index (χ1) is 11.2. The number of aromatic nitrogens is 3. The highest BCUT2D eigenvalue weighted by molar-refractivity contribution is 5.75. The number of nitrogen functional groups attached to an aromatic ring is 1. The standard InChI is InChI=1S/C17H16N4O2/c1-22-15-5-3-4-12(16(15)23-2)14-10-13(20-17(18)21-14)11-6-8-19-9-7-11/h3-10H,1-2H3,(H2,18,20,21). The Morgan fingerprint density at radius 2 is 1.65 bits per heavy atom. The lowest BCUT2D eigenvalue weighted by molar-refractivity contribution is 0.356.